The van der Waals surface area contributed by atoms with Crippen LogP contribution < -0.4 is 11.1 Å². The summed E-state index contributed by atoms with van der Waals surface area (Å²) in [6.07, 6.45) is 3.76. The Morgan fingerprint density at radius 1 is 1.44 bits per heavy atom. The fraction of sp³-hybridized carbons (Fsp3) is 0.600. The lowest BCUT2D eigenvalue weighted by Crippen LogP contribution is -2.24. The highest BCUT2D eigenvalue weighted by Gasteiger charge is 2.07. The number of carbonyl (C=O) groups is 1. The Balaban J connectivity index is 2.11. The quantitative estimate of drug-likeness (QED) is 0.624. The lowest BCUT2D eigenvalue weighted by Gasteiger charge is -2.02. The Labute approximate surface area is 98.7 Å². The number of anilines is 1. The van der Waals surface area contributed by atoms with E-state index >= 15 is 0 Å². The fourth-order valence-corrected chi connectivity index (χ4v) is 1.82. The highest BCUT2D eigenvalue weighted by molar-refractivity contribution is 7.13. The van der Waals surface area contributed by atoms with Crippen molar-refractivity contribution in [3.05, 3.63) is 11.1 Å². The van der Waals surface area contributed by atoms with Gasteiger partial charge in [0.15, 0.2) is 5.13 Å². The number of hydrogen-bond donors (Lipinski definition) is 3. The summed E-state index contributed by atoms with van der Waals surface area (Å²) in [6.45, 7) is 0.881. The van der Waals surface area contributed by atoms with Gasteiger partial charge >= 0.3 is 0 Å². The molecular weight excluding hydrogens is 226 g/mol. The van der Waals surface area contributed by atoms with E-state index in [1.165, 1.54) is 11.3 Å². The van der Waals surface area contributed by atoms with Crippen LogP contribution in [0, 0.1) is 0 Å². The number of unbranched alkanes of at least 4 members (excludes halogenated alkanes) is 3. The topological polar surface area (TPSA) is 88.2 Å². The Morgan fingerprint density at radius 2 is 2.19 bits per heavy atom. The number of aromatic nitrogens is 1. The lowest BCUT2D eigenvalue weighted by atomic mass is 10.2. The lowest BCUT2D eigenvalue weighted by molar-refractivity contribution is 0.0948. The fourth-order valence-electron chi connectivity index (χ4n) is 1.27. The third-order valence-corrected chi connectivity index (χ3v) is 2.80. The molecule has 0 aliphatic heterocycles. The van der Waals surface area contributed by atoms with Gasteiger partial charge in [0.25, 0.3) is 5.91 Å². The van der Waals surface area contributed by atoms with Gasteiger partial charge in [-0.15, -0.1) is 11.3 Å². The van der Waals surface area contributed by atoms with E-state index in [1.807, 2.05) is 0 Å². The van der Waals surface area contributed by atoms with Crippen molar-refractivity contribution in [3.8, 4) is 0 Å². The number of rotatable bonds is 7. The molecule has 90 valence electrons. The summed E-state index contributed by atoms with van der Waals surface area (Å²) < 4.78 is 0. The van der Waals surface area contributed by atoms with Gasteiger partial charge in [-0.3, -0.25) is 4.79 Å². The molecular formula is C10H17N3O2S. The third kappa shape index (κ3) is 4.59. The van der Waals surface area contributed by atoms with Crippen LogP contribution in [-0.4, -0.2) is 29.1 Å². The standard InChI is InChI=1S/C10H17N3O2S/c11-10-13-8(7-16-10)9(15)12-5-3-1-2-4-6-14/h7,14H,1-6H2,(H2,11,13)(H,12,15). The first-order chi connectivity index (χ1) is 7.74. The minimum Gasteiger partial charge on any atom is -0.396 e. The molecule has 0 atom stereocenters. The Morgan fingerprint density at radius 3 is 2.81 bits per heavy atom. The van der Waals surface area contributed by atoms with E-state index in [2.05, 4.69) is 10.3 Å². The molecule has 1 aromatic rings. The van der Waals surface area contributed by atoms with Crippen molar-refractivity contribution >= 4 is 22.4 Å². The summed E-state index contributed by atoms with van der Waals surface area (Å²) in [5.74, 6) is -0.171. The Hall–Kier alpha value is -1.14. The first-order valence-corrected chi connectivity index (χ1v) is 6.22. The van der Waals surface area contributed by atoms with E-state index < -0.39 is 0 Å². The first-order valence-electron chi connectivity index (χ1n) is 5.34. The van der Waals surface area contributed by atoms with Crippen molar-refractivity contribution < 1.29 is 9.90 Å². The van der Waals surface area contributed by atoms with Crippen LogP contribution in [0.5, 0.6) is 0 Å². The van der Waals surface area contributed by atoms with Crippen LogP contribution in [0.4, 0.5) is 5.13 Å². The van der Waals surface area contributed by atoms with Crippen LogP contribution in [0.2, 0.25) is 0 Å². The molecule has 0 spiro atoms. The monoisotopic (exact) mass is 243 g/mol. The predicted molar refractivity (Wildman–Crippen MR) is 64.4 cm³/mol. The average molecular weight is 243 g/mol. The number of nitrogens with two attached hydrogens (primary N) is 1. The van der Waals surface area contributed by atoms with E-state index in [4.69, 9.17) is 10.8 Å². The molecule has 16 heavy (non-hydrogen) atoms. The van der Waals surface area contributed by atoms with E-state index in [0.29, 0.717) is 17.4 Å². The van der Waals surface area contributed by atoms with Gasteiger partial charge in [-0.25, -0.2) is 4.98 Å². The molecule has 0 saturated carbocycles. The summed E-state index contributed by atoms with van der Waals surface area (Å²) >= 11 is 1.26. The van der Waals surface area contributed by atoms with Gasteiger partial charge < -0.3 is 16.2 Å². The maximum atomic E-state index is 11.5. The number of nitrogens with one attached hydrogen (secondary N) is 1. The summed E-state index contributed by atoms with van der Waals surface area (Å²) in [5.41, 5.74) is 5.82. The molecule has 1 aromatic heterocycles. The maximum absolute atomic E-state index is 11.5. The molecule has 0 unspecified atom stereocenters. The van der Waals surface area contributed by atoms with E-state index in [0.717, 1.165) is 25.7 Å². The second-order valence-corrected chi connectivity index (χ2v) is 4.35. The molecule has 0 fully saturated rings. The molecule has 1 rings (SSSR count). The zero-order chi connectivity index (χ0) is 11.8. The first kappa shape index (κ1) is 12.9. The van der Waals surface area contributed by atoms with Crippen molar-refractivity contribution in [3.63, 3.8) is 0 Å². The molecule has 0 saturated heterocycles. The Kier molecular flexibility index (Phi) is 5.81. The number of aliphatic hydroxyl groups excluding tert-OH is 1. The molecule has 0 aliphatic carbocycles. The molecule has 4 N–H and O–H groups in total. The largest absolute Gasteiger partial charge is 0.396 e. The van der Waals surface area contributed by atoms with Gasteiger partial charge in [-0.05, 0) is 12.8 Å². The van der Waals surface area contributed by atoms with Crippen LogP contribution in [-0.2, 0) is 0 Å². The van der Waals surface area contributed by atoms with Gasteiger partial charge in [0.1, 0.15) is 5.69 Å². The second-order valence-electron chi connectivity index (χ2n) is 3.46. The van der Waals surface area contributed by atoms with Crippen molar-refractivity contribution in [2.75, 3.05) is 18.9 Å². The number of nitrogen functional groups attached to an aromatic ring is 1. The SMILES string of the molecule is Nc1nc(C(=O)NCCCCCCO)cs1. The highest BCUT2D eigenvalue weighted by Crippen LogP contribution is 2.10. The van der Waals surface area contributed by atoms with E-state index in [9.17, 15) is 4.79 Å². The second kappa shape index (κ2) is 7.19. The summed E-state index contributed by atoms with van der Waals surface area (Å²) in [4.78, 5) is 15.4. The van der Waals surface area contributed by atoms with Crippen LogP contribution in [0.15, 0.2) is 5.38 Å². The highest BCUT2D eigenvalue weighted by atomic mass is 32.1. The number of hydrogen-bond acceptors (Lipinski definition) is 5. The van der Waals surface area contributed by atoms with Crippen molar-refractivity contribution in [2.45, 2.75) is 25.7 Å². The molecule has 0 bridgehead atoms. The van der Waals surface area contributed by atoms with Gasteiger partial charge in [-0.2, -0.15) is 0 Å². The zero-order valence-corrected chi connectivity index (χ0v) is 9.92. The molecule has 0 radical (unpaired) electrons. The molecule has 1 heterocycles. The molecule has 5 nitrogen and oxygen atoms in total. The van der Waals surface area contributed by atoms with E-state index in [-0.39, 0.29) is 12.5 Å². The third-order valence-electron chi connectivity index (χ3n) is 2.13. The zero-order valence-electron chi connectivity index (χ0n) is 9.11. The normalized spacial score (nSPS) is 10.3. The van der Waals surface area contributed by atoms with E-state index in [1.54, 1.807) is 5.38 Å². The number of carbonyl (C=O) groups excluding carboxylic acids is 1. The summed E-state index contributed by atoms with van der Waals surface area (Å²) in [5, 5.41) is 13.4. The van der Waals surface area contributed by atoms with Crippen LogP contribution in [0.3, 0.4) is 0 Å². The van der Waals surface area contributed by atoms with Crippen LogP contribution >= 0.6 is 11.3 Å². The maximum Gasteiger partial charge on any atom is 0.270 e. The molecule has 0 aliphatic rings. The number of amides is 1. The minimum atomic E-state index is -0.171. The summed E-state index contributed by atoms with van der Waals surface area (Å²) in [7, 11) is 0. The average Bonchev–Trinajstić information content (AvgIpc) is 2.70. The predicted octanol–water partition coefficient (Wildman–Crippen LogP) is 1.01. The van der Waals surface area contributed by atoms with Gasteiger partial charge in [-0.1, -0.05) is 12.8 Å². The number of thiazole rings is 1. The molecule has 1 amide bonds. The van der Waals surface area contributed by atoms with Crippen LogP contribution in [0.1, 0.15) is 36.2 Å². The summed E-state index contributed by atoms with van der Waals surface area (Å²) in [6, 6.07) is 0. The number of nitrogens with zero attached hydrogens (tertiary/aromatic N) is 1. The van der Waals surface area contributed by atoms with Gasteiger partial charge in [0.05, 0.1) is 0 Å². The molecule has 6 heteroatoms. The van der Waals surface area contributed by atoms with Crippen molar-refractivity contribution in [1.82, 2.24) is 10.3 Å². The minimum absolute atomic E-state index is 0.171. The van der Waals surface area contributed by atoms with Gasteiger partial charge in [0.2, 0.25) is 0 Å². The number of aliphatic hydroxyl groups is 1. The molecule has 0 aromatic carbocycles. The van der Waals surface area contributed by atoms with Gasteiger partial charge in [0, 0.05) is 18.5 Å². The van der Waals surface area contributed by atoms with Crippen LogP contribution in [0.25, 0.3) is 0 Å². The smallest absolute Gasteiger partial charge is 0.270 e. The van der Waals surface area contributed by atoms with Crippen molar-refractivity contribution in [1.29, 1.82) is 0 Å². The Bertz CT molecular complexity index is 328. The van der Waals surface area contributed by atoms with Crippen molar-refractivity contribution in [2.24, 2.45) is 0 Å².